The number of likely N-dealkylation sites (tertiary alicyclic amines) is 1. The minimum absolute atomic E-state index is 0.237. The Balaban J connectivity index is 1.59. The number of hydrogen-bond donors (Lipinski definition) is 2. The normalized spacial score (nSPS) is 21.3. The minimum Gasteiger partial charge on any atom is -0.453 e. The minimum atomic E-state index is -1.96. The van der Waals surface area contributed by atoms with Crippen molar-refractivity contribution in [3.8, 4) is 0 Å². The van der Waals surface area contributed by atoms with Crippen LogP contribution < -0.4 is 5.73 Å². The summed E-state index contributed by atoms with van der Waals surface area (Å²) >= 11 is 0. The summed E-state index contributed by atoms with van der Waals surface area (Å²) in [5.41, 5.74) is 5.10. The van der Waals surface area contributed by atoms with Gasteiger partial charge in [-0.15, -0.1) is 5.10 Å². The van der Waals surface area contributed by atoms with Crippen LogP contribution in [0.1, 0.15) is 29.3 Å². The average molecular weight is 448 g/mol. The lowest BCUT2D eigenvalue weighted by Crippen LogP contribution is -2.51. The second-order valence-corrected chi connectivity index (χ2v) is 8.60. The number of rotatable bonds is 7. The number of hydrogen-bond acceptors (Lipinski definition) is 6. The number of carbonyl (C=O) groups excluding carboxylic acids is 2. The predicted molar refractivity (Wildman–Crippen MR) is 120 cm³/mol. The summed E-state index contributed by atoms with van der Waals surface area (Å²) in [4.78, 5) is 25.8. The van der Waals surface area contributed by atoms with E-state index in [4.69, 9.17) is 10.5 Å². The van der Waals surface area contributed by atoms with Gasteiger partial charge in [-0.25, -0.2) is 4.79 Å². The second-order valence-electron chi connectivity index (χ2n) is 8.60. The SMILES string of the molecule is C[N+]1(C(C(N)=O)c2cccnn2)CC[C@@H](OC(=O)C(O)(c2ccccc2)c2ccccc2)C1. The van der Waals surface area contributed by atoms with Crippen LogP contribution >= 0.6 is 0 Å². The first-order chi connectivity index (χ1) is 15.8. The molecule has 1 aliphatic rings. The van der Waals surface area contributed by atoms with Crippen LogP contribution in [0.25, 0.3) is 0 Å². The molecule has 3 N–H and O–H groups in total. The van der Waals surface area contributed by atoms with E-state index in [0.29, 0.717) is 36.3 Å². The highest BCUT2D eigenvalue weighted by Gasteiger charge is 2.49. The molecule has 1 fully saturated rings. The molecule has 1 aliphatic heterocycles. The van der Waals surface area contributed by atoms with E-state index in [1.54, 1.807) is 60.7 Å². The molecular formula is C25H27N4O4+. The van der Waals surface area contributed by atoms with Crippen LogP contribution in [-0.2, 0) is 19.9 Å². The van der Waals surface area contributed by atoms with Crippen molar-refractivity contribution < 1.29 is 23.9 Å². The summed E-state index contributed by atoms with van der Waals surface area (Å²) in [6, 6.07) is 20.2. The molecule has 1 amide bonds. The standard InChI is InChI=1S/C25H26N4O4/c1-29(22(23(26)30)21-13-8-15-27-28-21)16-14-20(17-29)33-24(31)25(32,18-9-4-2-5-10-18)19-11-6-3-7-12-19/h2-13,15,20,22,32H,14,16-17H2,1H3,(H-,26,30)/p+1/t20-,22?,29?/m1/s1. The van der Waals surface area contributed by atoms with Gasteiger partial charge in [0.1, 0.15) is 12.2 Å². The Bertz CT molecular complexity index is 1070. The molecule has 0 spiro atoms. The van der Waals surface area contributed by atoms with Gasteiger partial charge < -0.3 is 20.1 Å². The van der Waals surface area contributed by atoms with Crippen molar-refractivity contribution >= 4 is 11.9 Å². The lowest BCUT2D eigenvalue weighted by molar-refractivity contribution is -0.920. The van der Waals surface area contributed by atoms with Gasteiger partial charge in [0.25, 0.3) is 5.91 Å². The summed E-state index contributed by atoms with van der Waals surface area (Å²) < 4.78 is 6.09. The van der Waals surface area contributed by atoms with Gasteiger partial charge in [0.15, 0.2) is 6.10 Å². The highest BCUT2D eigenvalue weighted by atomic mass is 16.6. The fourth-order valence-electron chi connectivity index (χ4n) is 4.65. The molecule has 0 aliphatic carbocycles. The van der Waals surface area contributed by atoms with E-state index >= 15 is 0 Å². The molecule has 0 radical (unpaired) electrons. The van der Waals surface area contributed by atoms with Crippen molar-refractivity contribution in [1.29, 1.82) is 0 Å². The maximum atomic E-state index is 13.4. The van der Waals surface area contributed by atoms with Gasteiger partial charge in [0.05, 0.1) is 13.6 Å². The molecule has 0 bridgehead atoms. The molecule has 1 aromatic heterocycles. The fourth-order valence-corrected chi connectivity index (χ4v) is 4.65. The number of esters is 1. The van der Waals surface area contributed by atoms with Gasteiger partial charge in [-0.1, -0.05) is 60.7 Å². The van der Waals surface area contributed by atoms with Crippen molar-refractivity contribution in [3.63, 3.8) is 0 Å². The molecule has 2 unspecified atom stereocenters. The maximum absolute atomic E-state index is 13.4. The monoisotopic (exact) mass is 447 g/mol. The van der Waals surface area contributed by atoms with E-state index < -0.39 is 29.6 Å². The molecule has 3 atom stereocenters. The largest absolute Gasteiger partial charge is 0.453 e. The zero-order chi connectivity index (χ0) is 23.5. The lowest BCUT2D eigenvalue weighted by Gasteiger charge is -2.35. The van der Waals surface area contributed by atoms with Crippen molar-refractivity contribution in [3.05, 3.63) is 95.8 Å². The number of ether oxygens (including phenoxy) is 1. The summed E-state index contributed by atoms with van der Waals surface area (Å²) in [5.74, 6) is -1.27. The van der Waals surface area contributed by atoms with Crippen LogP contribution in [0.4, 0.5) is 0 Å². The third kappa shape index (κ3) is 4.35. The average Bonchev–Trinajstić information content (AvgIpc) is 3.20. The fraction of sp³-hybridized carbons (Fsp3) is 0.280. The van der Waals surface area contributed by atoms with Crippen molar-refractivity contribution in [2.24, 2.45) is 5.73 Å². The maximum Gasteiger partial charge on any atom is 0.348 e. The first-order valence-electron chi connectivity index (χ1n) is 10.8. The molecule has 2 heterocycles. The predicted octanol–water partition coefficient (Wildman–Crippen LogP) is 1.70. The highest BCUT2D eigenvalue weighted by Crippen LogP contribution is 2.35. The molecule has 170 valence electrons. The Morgan fingerprint density at radius 2 is 1.67 bits per heavy atom. The van der Waals surface area contributed by atoms with Gasteiger partial charge in [0, 0.05) is 12.6 Å². The van der Waals surface area contributed by atoms with Gasteiger partial charge in [-0.2, -0.15) is 5.10 Å². The first kappa shape index (κ1) is 22.6. The smallest absolute Gasteiger partial charge is 0.348 e. The molecule has 33 heavy (non-hydrogen) atoms. The number of quaternary nitrogens is 1. The quantitative estimate of drug-likeness (QED) is 0.421. The van der Waals surface area contributed by atoms with E-state index in [9.17, 15) is 14.7 Å². The molecule has 8 heteroatoms. The van der Waals surface area contributed by atoms with Gasteiger partial charge in [0.2, 0.25) is 11.6 Å². The number of benzene rings is 2. The van der Waals surface area contributed by atoms with Crippen molar-refractivity contribution in [2.75, 3.05) is 20.1 Å². The number of aromatic nitrogens is 2. The highest BCUT2D eigenvalue weighted by molar-refractivity contribution is 5.85. The third-order valence-corrected chi connectivity index (χ3v) is 6.30. The van der Waals surface area contributed by atoms with Gasteiger partial charge >= 0.3 is 5.97 Å². The molecule has 3 aromatic rings. The molecule has 8 nitrogen and oxygen atoms in total. The van der Waals surface area contributed by atoms with E-state index in [1.165, 1.54) is 6.20 Å². The van der Waals surface area contributed by atoms with E-state index in [2.05, 4.69) is 10.2 Å². The second kappa shape index (κ2) is 9.09. The Kier molecular flexibility index (Phi) is 6.22. The Hall–Kier alpha value is -3.62. The Labute approximate surface area is 192 Å². The third-order valence-electron chi connectivity index (χ3n) is 6.30. The van der Waals surface area contributed by atoms with Crippen LogP contribution in [0.5, 0.6) is 0 Å². The summed E-state index contributed by atoms with van der Waals surface area (Å²) in [6.45, 7) is 0.910. The lowest BCUT2D eigenvalue weighted by atomic mass is 9.86. The number of aliphatic hydroxyl groups is 1. The zero-order valence-electron chi connectivity index (χ0n) is 18.4. The summed E-state index contributed by atoms with van der Waals surface area (Å²) in [5, 5.41) is 19.6. The van der Waals surface area contributed by atoms with Crippen molar-refractivity contribution in [2.45, 2.75) is 24.2 Å². The molecule has 2 aromatic carbocycles. The molecular weight excluding hydrogens is 420 g/mol. The number of nitrogens with zero attached hydrogens (tertiary/aromatic N) is 3. The van der Waals surface area contributed by atoms with Gasteiger partial charge in [-0.3, -0.25) is 4.79 Å². The van der Waals surface area contributed by atoms with Crippen LogP contribution in [0.15, 0.2) is 79.0 Å². The number of primary amides is 1. The van der Waals surface area contributed by atoms with Crippen LogP contribution in [-0.4, -0.2) is 57.9 Å². The van der Waals surface area contributed by atoms with Crippen LogP contribution in [0, 0.1) is 0 Å². The van der Waals surface area contributed by atoms with E-state index in [1.807, 2.05) is 19.2 Å². The first-order valence-corrected chi connectivity index (χ1v) is 10.8. The van der Waals surface area contributed by atoms with Crippen molar-refractivity contribution in [1.82, 2.24) is 10.2 Å². The molecule has 4 rings (SSSR count). The van der Waals surface area contributed by atoms with Crippen LogP contribution in [0.2, 0.25) is 0 Å². The van der Waals surface area contributed by atoms with Crippen LogP contribution in [0.3, 0.4) is 0 Å². The number of carbonyl (C=O) groups is 2. The Morgan fingerprint density at radius 3 is 2.18 bits per heavy atom. The molecule has 1 saturated heterocycles. The molecule has 0 saturated carbocycles. The number of nitrogens with two attached hydrogens (primary N) is 1. The van der Waals surface area contributed by atoms with E-state index in [-0.39, 0.29) is 4.48 Å². The number of amides is 1. The number of likely N-dealkylation sites (N-methyl/N-ethyl adjacent to an activating group) is 1. The Morgan fingerprint density at radius 1 is 1.06 bits per heavy atom. The van der Waals surface area contributed by atoms with E-state index in [0.717, 1.165) is 0 Å². The topological polar surface area (TPSA) is 115 Å². The van der Waals surface area contributed by atoms with Gasteiger partial charge in [-0.05, 0) is 23.3 Å². The summed E-state index contributed by atoms with van der Waals surface area (Å²) in [6.07, 6.45) is 1.55. The summed E-state index contributed by atoms with van der Waals surface area (Å²) in [7, 11) is 1.89. The zero-order valence-corrected chi connectivity index (χ0v) is 18.4.